The van der Waals surface area contributed by atoms with E-state index in [4.69, 9.17) is 0 Å². The minimum absolute atomic E-state index is 0.0316. The zero-order valence-corrected chi connectivity index (χ0v) is 11.1. The lowest BCUT2D eigenvalue weighted by Gasteiger charge is -2.24. The average molecular weight is 259 g/mol. The lowest BCUT2D eigenvalue weighted by atomic mass is 10.1. The van der Waals surface area contributed by atoms with E-state index in [2.05, 4.69) is 27.0 Å². The third-order valence-electron chi connectivity index (χ3n) is 3.59. The third kappa shape index (κ3) is 1.98. The molecule has 0 radical (unpaired) electrons. The predicted molar refractivity (Wildman–Crippen MR) is 71.7 cm³/mol. The van der Waals surface area contributed by atoms with Crippen LogP contribution in [0.4, 0.5) is 0 Å². The maximum Gasteiger partial charge on any atom is 0.250 e. The summed E-state index contributed by atoms with van der Waals surface area (Å²) in [6.07, 6.45) is 2.74. The number of pyridine rings is 1. The van der Waals surface area contributed by atoms with Crippen LogP contribution < -0.4 is 10.9 Å². The Morgan fingerprint density at radius 3 is 3.05 bits per heavy atom. The van der Waals surface area contributed by atoms with Crippen molar-refractivity contribution in [3.05, 3.63) is 34.5 Å². The summed E-state index contributed by atoms with van der Waals surface area (Å²) >= 11 is 0. The van der Waals surface area contributed by atoms with Crippen molar-refractivity contribution in [2.75, 3.05) is 6.54 Å². The molecule has 1 atom stereocenters. The molecule has 0 spiro atoms. The summed E-state index contributed by atoms with van der Waals surface area (Å²) in [6, 6.07) is 3.77. The highest BCUT2D eigenvalue weighted by atomic mass is 16.1. The molecule has 2 aromatic heterocycles. The normalized spacial score (nSPS) is 18.3. The van der Waals surface area contributed by atoms with Gasteiger partial charge in [-0.1, -0.05) is 6.92 Å². The molecule has 6 nitrogen and oxygen atoms in total. The molecule has 1 unspecified atom stereocenters. The molecule has 3 heterocycles. The van der Waals surface area contributed by atoms with E-state index in [1.54, 1.807) is 23.9 Å². The molecule has 0 aromatic carbocycles. The molecule has 0 fully saturated rings. The second kappa shape index (κ2) is 4.62. The van der Waals surface area contributed by atoms with Crippen LogP contribution >= 0.6 is 0 Å². The maximum atomic E-state index is 11.7. The quantitative estimate of drug-likeness (QED) is 0.862. The molecule has 0 amide bonds. The number of fused-ring (bicyclic) bond motifs is 1. The highest BCUT2D eigenvalue weighted by Gasteiger charge is 2.23. The smallest absolute Gasteiger partial charge is 0.250 e. The summed E-state index contributed by atoms with van der Waals surface area (Å²) < 4.78 is 3.66. The number of hydrogen-bond donors (Lipinski definition) is 1. The van der Waals surface area contributed by atoms with Gasteiger partial charge in [0.05, 0.1) is 6.04 Å². The van der Waals surface area contributed by atoms with E-state index >= 15 is 0 Å². The van der Waals surface area contributed by atoms with Crippen LogP contribution in [-0.4, -0.2) is 25.9 Å². The van der Waals surface area contributed by atoms with Gasteiger partial charge >= 0.3 is 0 Å². The summed E-state index contributed by atoms with van der Waals surface area (Å²) in [5, 5.41) is 12.0. The van der Waals surface area contributed by atoms with E-state index in [9.17, 15) is 4.79 Å². The van der Waals surface area contributed by atoms with Gasteiger partial charge < -0.3 is 14.5 Å². The molecule has 0 saturated carbocycles. The minimum atomic E-state index is -0.0316. The molecule has 6 heteroatoms. The van der Waals surface area contributed by atoms with Crippen molar-refractivity contribution < 1.29 is 0 Å². The first kappa shape index (κ1) is 12.1. The first-order chi connectivity index (χ1) is 9.20. The van der Waals surface area contributed by atoms with Gasteiger partial charge in [0.25, 0.3) is 5.56 Å². The molecule has 0 bridgehead atoms. The van der Waals surface area contributed by atoms with Gasteiger partial charge in [-0.3, -0.25) is 4.79 Å². The van der Waals surface area contributed by atoms with E-state index in [-0.39, 0.29) is 11.6 Å². The fraction of sp³-hybridized carbons (Fsp3) is 0.462. The van der Waals surface area contributed by atoms with Crippen molar-refractivity contribution in [3.8, 4) is 11.4 Å². The van der Waals surface area contributed by atoms with Crippen LogP contribution in [0, 0.1) is 0 Å². The number of aryl methyl sites for hydroxylation is 1. The van der Waals surface area contributed by atoms with Crippen LogP contribution in [-0.2, 0) is 13.6 Å². The van der Waals surface area contributed by atoms with E-state index in [1.807, 2.05) is 6.07 Å². The maximum absolute atomic E-state index is 11.7. The van der Waals surface area contributed by atoms with Crippen molar-refractivity contribution in [1.82, 2.24) is 24.6 Å². The third-order valence-corrected chi connectivity index (χ3v) is 3.59. The highest BCUT2D eigenvalue weighted by molar-refractivity contribution is 5.54. The van der Waals surface area contributed by atoms with E-state index in [1.165, 1.54) is 0 Å². The first-order valence-corrected chi connectivity index (χ1v) is 6.54. The summed E-state index contributed by atoms with van der Waals surface area (Å²) in [7, 11) is 1.74. The molecule has 2 aromatic rings. The van der Waals surface area contributed by atoms with Gasteiger partial charge in [-0.15, -0.1) is 10.2 Å². The lowest BCUT2D eigenvalue weighted by molar-refractivity contribution is 0.407. The Balaban J connectivity index is 2.09. The summed E-state index contributed by atoms with van der Waals surface area (Å²) in [6.45, 7) is 3.87. The molecule has 1 aliphatic heterocycles. The van der Waals surface area contributed by atoms with Crippen LogP contribution in [0.15, 0.2) is 23.1 Å². The number of nitrogens with one attached hydrogen (secondary N) is 1. The predicted octanol–water partition coefficient (Wildman–Crippen LogP) is 0.698. The zero-order chi connectivity index (χ0) is 13.4. The van der Waals surface area contributed by atoms with E-state index in [0.717, 1.165) is 36.7 Å². The highest BCUT2D eigenvalue weighted by Crippen LogP contribution is 2.24. The Hall–Kier alpha value is -1.95. The Bertz CT molecular complexity index is 657. The second-order valence-corrected chi connectivity index (χ2v) is 4.81. The Morgan fingerprint density at radius 2 is 2.32 bits per heavy atom. The monoisotopic (exact) mass is 259 g/mol. The SMILES string of the molecule is CCC1NCCn2c(-c3ccn(C)c(=O)c3)nnc21. The van der Waals surface area contributed by atoms with E-state index in [0.29, 0.717) is 0 Å². The van der Waals surface area contributed by atoms with Crippen molar-refractivity contribution >= 4 is 0 Å². The standard InChI is InChI=1S/C13H17N5O/c1-3-10-13-16-15-12(18(13)7-5-14-10)9-4-6-17(2)11(19)8-9/h4,6,8,10,14H,3,5,7H2,1-2H3. The summed E-state index contributed by atoms with van der Waals surface area (Å²) in [5.74, 6) is 1.75. The summed E-state index contributed by atoms with van der Waals surface area (Å²) in [5.41, 5.74) is 0.800. The average Bonchev–Trinajstić information content (AvgIpc) is 2.85. The van der Waals surface area contributed by atoms with Gasteiger partial charge in [0.1, 0.15) is 0 Å². The molecular formula is C13H17N5O. The van der Waals surface area contributed by atoms with Gasteiger partial charge in [-0.2, -0.15) is 0 Å². The van der Waals surface area contributed by atoms with Gasteiger partial charge in [-0.05, 0) is 12.5 Å². The second-order valence-electron chi connectivity index (χ2n) is 4.81. The Morgan fingerprint density at radius 1 is 1.47 bits per heavy atom. The van der Waals surface area contributed by atoms with Gasteiger partial charge in [-0.25, -0.2) is 0 Å². The molecule has 19 heavy (non-hydrogen) atoms. The molecule has 100 valence electrons. The van der Waals surface area contributed by atoms with E-state index < -0.39 is 0 Å². The zero-order valence-electron chi connectivity index (χ0n) is 11.1. The lowest BCUT2D eigenvalue weighted by Crippen LogP contribution is -2.33. The van der Waals surface area contributed by atoms with Crippen LogP contribution in [0.5, 0.6) is 0 Å². The molecule has 0 aliphatic carbocycles. The number of nitrogens with zero attached hydrogens (tertiary/aromatic N) is 4. The fourth-order valence-corrected chi connectivity index (χ4v) is 2.46. The number of rotatable bonds is 2. The first-order valence-electron chi connectivity index (χ1n) is 6.54. The molecule has 1 N–H and O–H groups in total. The Kier molecular flexibility index (Phi) is 2.94. The minimum Gasteiger partial charge on any atom is -0.319 e. The van der Waals surface area contributed by atoms with Crippen molar-refractivity contribution in [2.45, 2.75) is 25.9 Å². The molecular weight excluding hydrogens is 242 g/mol. The van der Waals surface area contributed by atoms with Crippen LogP contribution in [0.3, 0.4) is 0 Å². The molecule has 0 saturated heterocycles. The molecule has 3 rings (SSSR count). The Labute approximate surface area is 111 Å². The number of hydrogen-bond acceptors (Lipinski definition) is 4. The fourth-order valence-electron chi connectivity index (χ4n) is 2.46. The molecule has 1 aliphatic rings. The van der Waals surface area contributed by atoms with Gasteiger partial charge in [0, 0.05) is 38.0 Å². The van der Waals surface area contributed by atoms with Gasteiger partial charge in [0.2, 0.25) is 0 Å². The largest absolute Gasteiger partial charge is 0.319 e. The van der Waals surface area contributed by atoms with Crippen LogP contribution in [0.2, 0.25) is 0 Å². The van der Waals surface area contributed by atoms with Crippen molar-refractivity contribution in [2.24, 2.45) is 7.05 Å². The van der Waals surface area contributed by atoms with Crippen molar-refractivity contribution in [1.29, 1.82) is 0 Å². The van der Waals surface area contributed by atoms with Crippen molar-refractivity contribution in [3.63, 3.8) is 0 Å². The summed E-state index contributed by atoms with van der Waals surface area (Å²) in [4.78, 5) is 11.7. The number of aromatic nitrogens is 4. The van der Waals surface area contributed by atoms with Crippen LogP contribution in [0.1, 0.15) is 25.2 Å². The van der Waals surface area contributed by atoms with Crippen LogP contribution in [0.25, 0.3) is 11.4 Å². The topological polar surface area (TPSA) is 64.7 Å². The van der Waals surface area contributed by atoms with Gasteiger partial charge in [0.15, 0.2) is 11.6 Å².